The van der Waals surface area contributed by atoms with Crippen LogP contribution < -0.4 is 5.32 Å². The maximum absolute atomic E-state index is 12.2. The zero-order valence-corrected chi connectivity index (χ0v) is 12.0. The minimum atomic E-state index is -0.250. The van der Waals surface area contributed by atoms with Gasteiger partial charge in [-0.15, -0.1) is 4.91 Å². The molecular formula is C14H14ClN3O3. The fourth-order valence-corrected chi connectivity index (χ4v) is 2.66. The first-order valence-corrected chi connectivity index (χ1v) is 7.11. The quantitative estimate of drug-likeness (QED) is 0.885. The Kier molecular flexibility index (Phi) is 3.79. The summed E-state index contributed by atoms with van der Waals surface area (Å²) in [5.74, 6) is 0.0167. The Bertz CT molecular complexity index is 677. The maximum Gasteiger partial charge on any atom is 0.287 e. The van der Waals surface area contributed by atoms with Crippen LogP contribution in [0, 0.1) is 4.91 Å². The van der Waals surface area contributed by atoms with Crippen molar-refractivity contribution in [2.75, 3.05) is 13.1 Å². The van der Waals surface area contributed by atoms with Crippen LogP contribution in [0.25, 0.3) is 11.0 Å². The molecule has 1 fully saturated rings. The van der Waals surface area contributed by atoms with E-state index in [0.717, 1.165) is 5.39 Å². The average Bonchev–Trinajstić information content (AvgIpc) is 2.91. The smallest absolute Gasteiger partial charge is 0.287 e. The van der Waals surface area contributed by atoms with E-state index in [4.69, 9.17) is 16.0 Å². The first-order chi connectivity index (χ1) is 10.2. The number of amides is 1. The van der Waals surface area contributed by atoms with Gasteiger partial charge in [0.15, 0.2) is 5.76 Å². The molecule has 0 aliphatic carbocycles. The van der Waals surface area contributed by atoms with Crippen molar-refractivity contribution in [1.29, 1.82) is 0 Å². The number of halogens is 1. The molecule has 1 aromatic heterocycles. The normalized spacial score (nSPS) is 16.1. The van der Waals surface area contributed by atoms with Crippen LogP contribution in [-0.2, 0) is 0 Å². The maximum atomic E-state index is 12.2. The third-order valence-corrected chi connectivity index (χ3v) is 3.86. The lowest BCUT2D eigenvalue weighted by molar-refractivity contribution is 0.0885. The Hall–Kier alpha value is -2.08. The summed E-state index contributed by atoms with van der Waals surface area (Å²) in [6.07, 6.45) is 1.40. The third kappa shape index (κ3) is 3.00. The van der Waals surface area contributed by atoms with Crippen LogP contribution in [-0.4, -0.2) is 30.0 Å². The average molecular weight is 308 g/mol. The summed E-state index contributed by atoms with van der Waals surface area (Å²) in [6, 6.07) is 6.93. The minimum absolute atomic E-state index is 0.0345. The highest BCUT2D eigenvalue weighted by Crippen LogP contribution is 2.23. The number of nitrogens with one attached hydrogen (secondary N) is 1. The molecular weight excluding hydrogens is 294 g/mol. The molecule has 21 heavy (non-hydrogen) atoms. The highest BCUT2D eigenvalue weighted by Gasteiger charge is 2.22. The summed E-state index contributed by atoms with van der Waals surface area (Å²) >= 11 is 5.91. The lowest BCUT2D eigenvalue weighted by Gasteiger charge is -2.27. The number of carbonyl (C=O) groups excluding carboxylic acids is 1. The molecule has 3 rings (SSSR count). The molecule has 1 amide bonds. The minimum Gasteiger partial charge on any atom is -0.451 e. The molecule has 1 aromatic carbocycles. The van der Waals surface area contributed by atoms with E-state index >= 15 is 0 Å². The lowest BCUT2D eigenvalue weighted by Crippen LogP contribution is -2.42. The molecule has 110 valence electrons. The second kappa shape index (κ2) is 5.73. The molecule has 2 heterocycles. The van der Waals surface area contributed by atoms with E-state index in [1.54, 1.807) is 24.3 Å². The van der Waals surface area contributed by atoms with Gasteiger partial charge < -0.3 is 9.73 Å². The fourth-order valence-electron chi connectivity index (χ4n) is 2.47. The van der Waals surface area contributed by atoms with Gasteiger partial charge in [-0.2, -0.15) is 0 Å². The molecule has 2 aromatic rings. The zero-order chi connectivity index (χ0) is 14.8. The van der Waals surface area contributed by atoms with Crippen molar-refractivity contribution in [3.05, 3.63) is 40.0 Å². The summed E-state index contributed by atoms with van der Waals surface area (Å²) in [7, 11) is 0. The van der Waals surface area contributed by atoms with E-state index in [-0.39, 0.29) is 17.7 Å². The Labute approximate surface area is 126 Å². The number of hydrogen-bond acceptors (Lipinski definition) is 4. The van der Waals surface area contributed by atoms with Gasteiger partial charge in [-0.1, -0.05) is 11.6 Å². The molecule has 0 saturated carbocycles. The van der Waals surface area contributed by atoms with Crippen LogP contribution in [0.5, 0.6) is 0 Å². The second-order valence-electron chi connectivity index (χ2n) is 5.08. The molecule has 6 nitrogen and oxygen atoms in total. The van der Waals surface area contributed by atoms with E-state index in [2.05, 4.69) is 10.6 Å². The van der Waals surface area contributed by atoms with E-state index in [9.17, 15) is 9.70 Å². The van der Waals surface area contributed by atoms with Gasteiger partial charge in [-0.25, -0.2) is 0 Å². The van der Waals surface area contributed by atoms with Crippen LogP contribution in [0.1, 0.15) is 23.4 Å². The summed E-state index contributed by atoms with van der Waals surface area (Å²) in [5.41, 5.74) is 0.629. The molecule has 0 atom stereocenters. The Morgan fingerprint density at radius 3 is 2.81 bits per heavy atom. The van der Waals surface area contributed by atoms with Crippen LogP contribution in [0.3, 0.4) is 0 Å². The number of piperidine rings is 1. The van der Waals surface area contributed by atoms with Crippen LogP contribution in [0.15, 0.2) is 34.0 Å². The second-order valence-corrected chi connectivity index (χ2v) is 5.51. The summed E-state index contributed by atoms with van der Waals surface area (Å²) < 4.78 is 5.52. The first kappa shape index (κ1) is 13.9. The SMILES string of the molecule is O=NN1CCC(NC(=O)c2cc3cc(Cl)ccc3o2)CC1. The number of benzene rings is 1. The summed E-state index contributed by atoms with van der Waals surface area (Å²) in [6.45, 7) is 1.12. The molecule has 1 aliphatic rings. The predicted molar refractivity (Wildman–Crippen MR) is 79.1 cm³/mol. The number of furan rings is 1. The number of hydrogen-bond donors (Lipinski definition) is 1. The third-order valence-electron chi connectivity index (χ3n) is 3.62. The molecule has 1 saturated heterocycles. The monoisotopic (exact) mass is 307 g/mol. The number of nitrogens with zero attached hydrogens (tertiary/aromatic N) is 2. The molecule has 1 N–H and O–H groups in total. The van der Waals surface area contributed by atoms with Gasteiger partial charge in [0, 0.05) is 29.5 Å². The number of nitroso groups, excluding NO2 is 1. The van der Waals surface area contributed by atoms with Crippen LogP contribution >= 0.6 is 11.6 Å². The van der Waals surface area contributed by atoms with Gasteiger partial charge in [0.2, 0.25) is 0 Å². The highest BCUT2D eigenvalue weighted by molar-refractivity contribution is 6.31. The van der Waals surface area contributed by atoms with E-state index in [1.165, 1.54) is 5.01 Å². The standard InChI is InChI=1S/C14H14ClN3O3/c15-10-1-2-12-9(7-10)8-13(21-12)14(19)16-11-3-5-18(17-20)6-4-11/h1-2,7-8,11H,3-6H2,(H,16,19). The highest BCUT2D eigenvalue weighted by atomic mass is 35.5. The largest absolute Gasteiger partial charge is 0.451 e. The van der Waals surface area contributed by atoms with E-state index < -0.39 is 0 Å². The molecule has 0 spiro atoms. The van der Waals surface area contributed by atoms with Crippen molar-refractivity contribution in [2.45, 2.75) is 18.9 Å². The van der Waals surface area contributed by atoms with Crippen molar-refractivity contribution >= 4 is 28.5 Å². The number of carbonyl (C=O) groups is 1. The van der Waals surface area contributed by atoms with Gasteiger partial charge >= 0.3 is 0 Å². The topological polar surface area (TPSA) is 74.9 Å². The summed E-state index contributed by atoms with van der Waals surface area (Å²) in [5, 5.41) is 8.68. The van der Waals surface area contributed by atoms with Crippen LogP contribution in [0.4, 0.5) is 0 Å². The van der Waals surface area contributed by atoms with Gasteiger partial charge in [0.1, 0.15) is 5.58 Å². The molecule has 7 heteroatoms. The fraction of sp³-hybridized carbons (Fsp3) is 0.357. The van der Waals surface area contributed by atoms with Gasteiger partial charge in [-0.3, -0.25) is 9.80 Å². The van der Waals surface area contributed by atoms with Crippen molar-refractivity contribution in [3.63, 3.8) is 0 Å². The number of rotatable bonds is 3. The van der Waals surface area contributed by atoms with Gasteiger partial charge in [0.25, 0.3) is 5.91 Å². The van der Waals surface area contributed by atoms with E-state index in [1.807, 2.05) is 0 Å². The Balaban J connectivity index is 1.68. The predicted octanol–water partition coefficient (Wildman–Crippen LogP) is 2.96. The molecule has 1 aliphatic heterocycles. The number of fused-ring (bicyclic) bond motifs is 1. The van der Waals surface area contributed by atoms with Crippen LogP contribution in [0.2, 0.25) is 5.02 Å². The van der Waals surface area contributed by atoms with Gasteiger partial charge in [-0.05, 0) is 37.1 Å². The Morgan fingerprint density at radius 1 is 1.33 bits per heavy atom. The molecule has 0 unspecified atom stereocenters. The molecule has 0 radical (unpaired) electrons. The molecule has 0 bridgehead atoms. The zero-order valence-electron chi connectivity index (χ0n) is 11.2. The van der Waals surface area contributed by atoms with Crippen molar-refractivity contribution < 1.29 is 9.21 Å². The first-order valence-electron chi connectivity index (χ1n) is 6.74. The van der Waals surface area contributed by atoms with Crippen molar-refractivity contribution in [2.24, 2.45) is 5.29 Å². The Morgan fingerprint density at radius 2 is 2.10 bits per heavy atom. The lowest BCUT2D eigenvalue weighted by atomic mass is 10.1. The van der Waals surface area contributed by atoms with Gasteiger partial charge in [0.05, 0.1) is 5.29 Å². The van der Waals surface area contributed by atoms with Crippen molar-refractivity contribution in [3.8, 4) is 0 Å². The van der Waals surface area contributed by atoms with E-state index in [0.29, 0.717) is 36.5 Å². The van der Waals surface area contributed by atoms with Crippen molar-refractivity contribution in [1.82, 2.24) is 10.3 Å². The summed E-state index contributed by atoms with van der Waals surface area (Å²) in [4.78, 5) is 22.6.